The largest absolute Gasteiger partial charge is 0.456 e. The molecule has 0 aliphatic rings. The zero-order chi connectivity index (χ0) is 25.5. The van der Waals surface area contributed by atoms with Crippen molar-refractivity contribution in [1.82, 2.24) is 0 Å². The maximum atomic E-state index is 13.3. The lowest BCUT2D eigenvalue weighted by atomic mass is 10.0. The molecule has 0 unspecified atom stereocenters. The highest BCUT2D eigenvalue weighted by Crippen LogP contribution is 2.25. The van der Waals surface area contributed by atoms with Crippen LogP contribution < -0.4 is 5.32 Å². The number of amides is 1. The molecule has 1 N–H and O–H groups in total. The van der Waals surface area contributed by atoms with Gasteiger partial charge < -0.3 is 10.1 Å². The van der Waals surface area contributed by atoms with Crippen LogP contribution in [-0.2, 0) is 17.6 Å². The van der Waals surface area contributed by atoms with Crippen LogP contribution in [-0.4, -0.2) is 17.5 Å². The zero-order valence-corrected chi connectivity index (χ0v) is 21.0. The Morgan fingerprint density at radius 3 is 2.03 bits per heavy atom. The van der Waals surface area contributed by atoms with Gasteiger partial charge in [-0.1, -0.05) is 78.9 Å². The number of aryl methyl sites for hydroxylation is 2. The molecule has 4 heteroatoms. The van der Waals surface area contributed by atoms with E-state index in [1.165, 1.54) is 5.56 Å². The summed E-state index contributed by atoms with van der Waals surface area (Å²) in [7, 11) is 0. The molecule has 0 aromatic heterocycles. The molecule has 0 fully saturated rings. The predicted octanol–water partition coefficient (Wildman–Crippen LogP) is 7.35. The summed E-state index contributed by atoms with van der Waals surface area (Å²) in [6, 6.07) is 33.2. The van der Waals surface area contributed by atoms with Crippen LogP contribution in [0.25, 0.3) is 11.1 Å². The van der Waals surface area contributed by atoms with Crippen LogP contribution in [0.3, 0.4) is 0 Å². The molecule has 0 aliphatic carbocycles. The van der Waals surface area contributed by atoms with Gasteiger partial charge >= 0.3 is 5.97 Å². The summed E-state index contributed by atoms with van der Waals surface area (Å²) in [6.07, 6.45) is 1.64. The first-order valence-electron chi connectivity index (χ1n) is 12.2. The van der Waals surface area contributed by atoms with Crippen LogP contribution in [0.4, 0.5) is 5.69 Å². The van der Waals surface area contributed by atoms with Gasteiger partial charge in [-0.15, -0.1) is 0 Å². The molecule has 36 heavy (non-hydrogen) atoms. The van der Waals surface area contributed by atoms with E-state index in [9.17, 15) is 9.59 Å². The van der Waals surface area contributed by atoms with E-state index in [2.05, 4.69) is 17.4 Å². The van der Waals surface area contributed by atoms with Gasteiger partial charge in [0.15, 0.2) is 0 Å². The van der Waals surface area contributed by atoms with Gasteiger partial charge in [0.1, 0.15) is 5.60 Å². The number of esters is 1. The van der Waals surface area contributed by atoms with Gasteiger partial charge in [0, 0.05) is 5.56 Å². The van der Waals surface area contributed by atoms with E-state index < -0.39 is 11.6 Å². The Bertz CT molecular complexity index is 1340. The van der Waals surface area contributed by atoms with Crippen LogP contribution in [0.15, 0.2) is 103 Å². The Hall–Kier alpha value is -4.18. The predicted molar refractivity (Wildman–Crippen MR) is 145 cm³/mol. The van der Waals surface area contributed by atoms with Gasteiger partial charge in [-0.05, 0) is 80.1 Å². The molecule has 0 saturated heterocycles. The number of ether oxygens (including phenoxy) is 1. The van der Waals surface area contributed by atoms with Crippen molar-refractivity contribution < 1.29 is 14.3 Å². The van der Waals surface area contributed by atoms with Gasteiger partial charge in [0.05, 0.1) is 11.3 Å². The summed E-state index contributed by atoms with van der Waals surface area (Å²) < 4.78 is 5.61. The van der Waals surface area contributed by atoms with Crippen LogP contribution >= 0.6 is 0 Å². The van der Waals surface area contributed by atoms with E-state index in [1.54, 1.807) is 12.1 Å². The third-order valence-corrected chi connectivity index (χ3v) is 5.73. The van der Waals surface area contributed by atoms with Crippen molar-refractivity contribution in [2.45, 2.75) is 39.2 Å². The van der Waals surface area contributed by atoms with Crippen molar-refractivity contribution in [3.63, 3.8) is 0 Å². The summed E-state index contributed by atoms with van der Waals surface area (Å²) in [5, 5.41) is 2.97. The number of hydrogen-bond donors (Lipinski definition) is 1. The number of carbonyl (C=O) groups is 2. The summed E-state index contributed by atoms with van der Waals surface area (Å²) in [4.78, 5) is 26.2. The Morgan fingerprint density at radius 2 is 1.33 bits per heavy atom. The maximum absolute atomic E-state index is 13.3. The molecular formula is C32H31NO3. The lowest BCUT2D eigenvalue weighted by molar-refractivity contribution is 0.00707. The van der Waals surface area contributed by atoms with E-state index in [0.29, 0.717) is 16.8 Å². The van der Waals surface area contributed by atoms with Gasteiger partial charge in [0.2, 0.25) is 0 Å². The molecule has 4 rings (SSSR count). The molecule has 0 heterocycles. The van der Waals surface area contributed by atoms with E-state index in [1.807, 2.05) is 99.6 Å². The van der Waals surface area contributed by atoms with Gasteiger partial charge in [0.25, 0.3) is 5.91 Å². The monoisotopic (exact) mass is 477 g/mol. The number of rotatable bonds is 7. The first-order chi connectivity index (χ1) is 17.3. The Labute approximate surface area is 213 Å². The first-order valence-corrected chi connectivity index (χ1v) is 12.2. The van der Waals surface area contributed by atoms with Crippen LogP contribution in [0.2, 0.25) is 0 Å². The number of carbonyl (C=O) groups excluding carboxylic acids is 2. The van der Waals surface area contributed by atoms with E-state index in [0.717, 1.165) is 29.5 Å². The molecule has 1 amide bonds. The second-order valence-corrected chi connectivity index (χ2v) is 9.77. The maximum Gasteiger partial charge on any atom is 0.340 e. The van der Waals surface area contributed by atoms with Crippen LogP contribution in [0.5, 0.6) is 0 Å². The molecule has 0 saturated carbocycles. The summed E-state index contributed by atoms with van der Waals surface area (Å²) >= 11 is 0. The third kappa shape index (κ3) is 6.70. The zero-order valence-electron chi connectivity index (χ0n) is 21.0. The molecule has 0 radical (unpaired) electrons. The van der Waals surface area contributed by atoms with E-state index >= 15 is 0 Å². The standard InChI is InChI=1S/C32H31NO3/c1-32(2,3)36-31(35)28-20-19-24(18-17-23-11-6-4-7-12-23)21-29(28)33-30(34)27-16-10-15-26(22-27)25-13-8-5-9-14-25/h4-16,19-22H,17-18H2,1-3H3,(H,33,34). The second-order valence-electron chi connectivity index (χ2n) is 9.77. The smallest absolute Gasteiger partial charge is 0.340 e. The van der Waals surface area contributed by atoms with Crippen molar-refractivity contribution in [3.8, 4) is 11.1 Å². The second kappa shape index (κ2) is 11.0. The number of anilines is 1. The van der Waals surface area contributed by atoms with Gasteiger partial charge in [-0.3, -0.25) is 4.79 Å². The number of benzene rings is 4. The Morgan fingerprint density at radius 1 is 0.694 bits per heavy atom. The minimum Gasteiger partial charge on any atom is -0.456 e. The Kier molecular flexibility index (Phi) is 7.65. The van der Waals surface area contributed by atoms with E-state index in [-0.39, 0.29) is 5.91 Å². The summed E-state index contributed by atoms with van der Waals surface area (Å²) in [5.41, 5.74) is 4.90. The minimum absolute atomic E-state index is 0.280. The molecular weight excluding hydrogens is 446 g/mol. The lowest BCUT2D eigenvalue weighted by Gasteiger charge is -2.21. The Balaban J connectivity index is 1.60. The minimum atomic E-state index is -0.644. The molecule has 0 atom stereocenters. The molecule has 0 spiro atoms. The quantitative estimate of drug-likeness (QED) is 0.283. The van der Waals surface area contributed by atoms with Gasteiger partial charge in [-0.25, -0.2) is 4.79 Å². The van der Waals surface area contributed by atoms with Crippen molar-refractivity contribution in [3.05, 3.63) is 125 Å². The molecule has 4 aromatic carbocycles. The molecule has 4 nitrogen and oxygen atoms in total. The van der Waals surface area contributed by atoms with Crippen molar-refractivity contribution in [2.75, 3.05) is 5.32 Å². The normalized spacial score (nSPS) is 11.1. The number of nitrogens with one attached hydrogen (secondary N) is 1. The average Bonchev–Trinajstić information content (AvgIpc) is 2.88. The third-order valence-electron chi connectivity index (χ3n) is 5.73. The summed E-state index contributed by atoms with van der Waals surface area (Å²) in [6.45, 7) is 5.48. The first kappa shape index (κ1) is 24.9. The average molecular weight is 478 g/mol. The fraction of sp³-hybridized carbons (Fsp3) is 0.188. The highest BCUT2D eigenvalue weighted by molar-refractivity contribution is 6.08. The van der Waals surface area contributed by atoms with Crippen molar-refractivity contribution in [2.24, 2.45) is 0 Å². The SMILES string of the molecule is CC(C)(C)OC(=O)c1ccc(CCc2ccccc2)cc1NC(=O)c1cccc(-c2ccccc2)c1. The summed E-state index contributed by atoms with van der Waals surface area (Å²) in [5.74, 6) is -0.747. The van der Waals surface area contributed by atoms with E-state index in [4.69, 9.17) is 4.74 Å². The fourth-order valence-corrected chi connectivity index (χ4v) is 3.96. The van der Waals surface area contributed by atoms with Crippen molar-refractivity contribution in [1.29, 1.82) is 0 Å². The van der Waals surface area contributed by atoms with Crippen molar-refractivity contribution >= 4 is 17.6 Å². The topological polar surface area (TPSA) is 55.4 Å². The molecule has 4 aromatic rings. The molecule has 0 aliphatic heterocycles. The highest BCUT2D eigenvalue weighted by Gasteiger charge is 2.22. The lowest BCUT2D eigenvalue weighted by Crippen LogP contribution is -2.25. The fourth-order valence-electron chi connectivity index (χ4n) is 3.96. The molecule has 182 valence electrons. The van der Waals surface area contributed by atoms with Gasteiger partial charge in [-0.2, -0.15) is 0 Å². The highest BCUT2D eigenvalue weighted by atomic mass is 16.6. The van der Waals surface area contributed by atoms with Crippen LogP contribution in [0, 0.1) is 0 Å². The molecule has 0 bridgehead atoms. The van der Waals surface area contributed by atoms with Crippen LogP contribution in [0.1, 0.15) is 52.6 Å². The number of hydrogen-bond acceptors (Lipinski definition) is 3.